The Labute approximate surface area is 146 Å². The first-order valence-electron chi connectivity index (χ1n) is 8.49. The van der Waals surface area contributed by atoms with Crippen LogP contribution in [0.2, 0.25) is 0 Å². The predicted molar refractivity (Wildman–Crippen MR) is 93.5 cm³/mol. The molecule has 1 aliphatic carbocycles. The number of hydrogen-bond acceptors (Lipinski definition) is 4. The first-order chi connectivity index (χ1) is 12.1. The molecule has 2 heterocycles. The summed E-state index contributed by atoms with van der Waals surface area (Å²) in [4.78, 5) is 0. The van der Waals surface area contributed by atoms with Gasteiger partial charge in [-0.05, 0) is 30.0 Å². The highest BCUT2D eigenvalue weighted by Gasteiger charge is 2.31. The van der Waals surface area contributed by atoms with Gasteiger partial charge in [-0.3, -0.25) is 0 Å². The quantitative estimate of drug-likeness (QED) is 0.825. The van der Waals surface area contributed by atoms with Gasteiger partial charge in [0.25, 0.3) is 0 Å². The van der Waals surface area contributed by atoms with Gasteiger partial charge in [-0.25, -0.2) is 4.57 Å². The van der Waals surface area contributed by atoms with Crippen LogP contribution in [-0.2, 0) is 17.7 Å². The van der Waals surface area contributed by atoms with Crippen LogP contribution in [0.5, 0.6) is 11.5 Å². The minimum Gasteiger partial charge on any atom is -0.508 e. The van der Waals surface area contributed by atoms with Crippen LogP contribution in [0.15, 0.2) is 47.6 Å². The predicted octanol–water partition coefficient (Wildman–Crippen LogP) is 3.15. The van der Waals surface area contributed by atoms with Crippen LogP contribution in [0.25, 0.3) is 10.8 Å². The molecule has 0 spiro atoms. The van der Waals surface area contributed by atoms with E-state index < -0.39 is 0 Å². The maximum atomic E-state index is 10.5. The number of nitrogens with zero attached hydrogens (tertiary/aromatic N) is 1. The summed E-state index contributed by atoms with van der Waals surface area (Å²) in [6, 6.07) is 5.83. The SMILES string of the molecule is COC1=C(O)[C@@H]2CC(=C1)CC[n+]1cc3c(O)c(OC)ccc3cc1C2. The molecule has 0 unspecified atom stereocenters. The van der Waals surface area contributed by atoms with Gasteiger partial charge in [0, 0.05) is 24.8 Å². The summed E-state index contributed by atoms with van der Waals surface area (Å²) in [6.07, 6.45) is 6.44. The molecule has 0 fully saturated rings. The maximum absolute atomic E-state index is 10.5. The number of fused-ring (bicyclic) bond motifs is 4. The van der Waals surface area contributed by atoms with Crippen molar-refractivity contribution in [1.29, 1.82) is 0 Å². The van der Waals surface area contributed by atoms with Crippen LogP contribution in [-0.4, -0.2) is 24.4 Å². The molecule has 2 N–H and O–H groups in total. The van der Waals surface area contributed by atoms with Gasteiger partial charge >= 0.3 is 0 Å². The minimum absolute atomic E-state index is 0.0331. The molecule has 5 nitrogen and oxygen atoms in total. The van der Waals surface area contributed by atoms with Gasteiger partial charge in [-0.15, -0.1) is 0 Å². The number of hydrogen-bond donors (Lipinski definition) is 2. The number of phenols is 1. The fraction of sp³-hybridized carbons (Fsp3) is 0.350. The van der Waals surface area contributed by atoms with Crippen molar-refractivity contribution in [1.82, 2.24) is 0 Å². The first-order valence-corrected chi connectivity index (χ1v) is 8.49. The zero-order valence-electron chi connectivity index (χ0n) is 14.5. The van der Waals surface area contributed by atoms with E-state index in [0.29, 0.717) is 17.3 Å². The number of aryl methyl sites for hydroxylation is 1. The normalized spacial score (nSPS) is 19.8. The molecule has 25 heavy (non-hydrogen) atoms. The zero-order valence-corrected chi connectivity index (χ0v) is 14.5. The largest absolute Gasteiger partial charge is 0.508 e. The fourth-order valence-electron chi connectivity index (χ4n) is 3.87. The van der Waals surface area contributed by atoms with Crippen LogP contribution in [0.4, 0.5) is 0 Å². The summed E-state index contributed by atoms with van der Waals surface area (Å²) >= 11 is 0. The highest BCUT2D eigenvalue weighted by atomic mass is 16.5. The van der Waals surface area contributed by atoms with Crippen LogP contribution in [0.3, 0.4) is 0 Å². The lowest BCUT2D eigenvalue weighted by Gasteiger charge is -2.25. The van der Waals surface area contributed by atoms with Gasteiger partial charge in [0.15, 0.2) is 35.7 Å². The Morgan fingerprint density at radius 3 is 2.72 bits per heavy atom. The molecule has 2 aliphatic rings. The Kier molecular flexibility index (Phi) is 3.79. The molecule has 2 bridgehead atoms. The van der Waals surface area contributed by atoms with E-state index >= 15 is 0 Å². The van der Waals surface area contributed by atoms with Crippen molar-refractivity contribution >= 4 is 10.8 Å². The summed E-state index contributed by atoms with van der Waals surface area (Å²) in [7, 11) is 3.15. The molecule has 2 aromatic rings. The summed E-state index contributed by atoms with van der Waals surface area (Å²) < 4.78 is 12.7. The number of methoxy groups -OCH3 is 2. The van der Waals surface area contributed by atoms with Crippen LogP contribution in [0.1, 0.15) is 18.5 Å². The van der Waals surface area contributed by atoms with E-state index in [1.165, 1.54) is 5.57 Å². The summed E-state index contributed by atoms with van der Waals surface area (Å²) in [5, 5.41) is 22.7. The zero-order chi connectivity index (χ0) is 17.6. The molecule has 1 atom stereocenters. The molecule has 5 heteroatoms. The average Bonchev–Trinajstić information content (AvgIpc) is 2.61. The van der Waals surface area contributed by atoms with Crippen molar-refractivity contribution in [3.05, 3.63) is 53.3 Å². The molecule has 1 aromatic heterocycles. The van der Waals surface area contributed by atoms with E-state index in [4.69, 9.17) is 9.47 Å². The van der Waals surface area contributed by atoms with Gasteiger partial charge in [0.1, 0.15) is 5.76 Å². The third kappa shape index (κ3) is 2.60. The monoisotopic (exact) mass is 340 g/mol. The van der Waals surface area contributed by atoms with Crippen LogP contribution < -0.4 is 9.30 Å². The topological polar surface area (TPSA) is 62.8 Å². The van der Waals surface area contributed by atoms with E-state index in [1.54, 1.807) is 20.3 Å². The lowest BCUT2D eigenvalue weighted by molar-refractivity contribution is -0.703. The number of aromatic nitrogens is 1. The Bertz CT molecular complexity index is 914. The standard InChI is InChI=1S/C20H21NO4/c1-24-17-4-3-13-9-15-10-14-7-12(8-18(25-2)19(14)22)5-6-21(15)11-16(13)20(17)23/h3-4,8-9,11,14,22H,5-7,10H2,1-2H3/p+1/t14-/m1/s1. The van der Waals surface area contributed by atoms with Crippen molar-refractivity contribution < 1.29 is 24.3 Å². The van der Waals surface area contributed by atoms with E-state index in [1.807, 2.05) is 18.3 Å². The van der Waals surface area contributed by atoms with E-state index in [2.05, 4.69) is 10.6 Å². The molecule has 0 saturated heterocycles. The minimum atomic E-state index is 0.0331. The first kappa shape index (κ1) is 15.8. The fourth-order valence-corrected chi connectivity index (χ4v) is 3.87. The molecule has 0 amide bonds. The second-order valence-corrected chi connectivity index (χ2v) is 6.69. The van der Waals surface area contributed by atoms with Crippen LogP contribution in [0, 0.1) is 5.92 Å². The molecule has 4 rings (SSSR count). The average molecular weight is 340 g/mol. The van der Waals surface area contributed by atoms with Crippen LogP contribution >= 0.6 is 0 Å². The second-order valence-electron chi connectivity index (χ2n) is 6.69. The third-order valence-electron chi connectivity index (χ3n) is 5.24. The summed E-state index contributed by atoms with van der Waals surface area (Å²) in [6.45, 7) is 0.832. The Morgan fingerprint density at radius 2 is 1.96 bits per heavy atom. The molecule has 1 aromatic carbocycles. The van der Waals surface area contributed by atoms with E-state index in [-0.39, 0.29) is 11.7 Å². The molecule has 130 valence electrons. The van der Waals surface area contributed by atoms with Crippen molar-refractivity contribution in [2.24, 2.45) is 5.92 Å². The molecule has 0 radical (unpaired) electrons. The lowest BCUT2D eigenvalue weighted by atomic mass is 9.85. The number of benzene rings is 1. The Morgan fingerprint density at radius 1 is 1.12 bits per heavy atom. The van der Waals surface area contributed by atoms with Crippen molar-refractivity contribution in [3.63, 3.8) is 0 Å². The van der Waals surface area contributed by atoms with Crippen molar-refractivity contribution in [2.75, 3.05) is 14.2 Å². The van der Waals surface area contributed by atoms with E-state index in [0.717, 1.165) is 42.3 Å². The Balaban J connectivity index is 1.83. The van der Waals surface area contributed by atoms with Gasteiger partial charge < -0.3 is 19.7 Å². The van der Waals surface area contributed by atoms with Crippen molar-refractivity contribution in [2.45, 2.75) is 25.8 Å². The van der Waals surface area contributed by atoms with Gasteiger partial charge in [-0.1, -0.05) is 5.57 Å². The Hall–Kier alpha value is -2.69. The number of ether oxygens (including phenoxy) is 2. The van der Waals surface area contributed by atoms with Crippen molar-refractivity contribution in [3.8, 4) is 11.5 Å². The lowest BCUT2D eigenvalue weighted by Crippen LogP contribution is -2.41. The summed E-state index contributed by atoms with van der Waals surface area (Å²) in [5.74, 6) is 1.59. The number of aliphatic hydroxyl groups excluding tert-OH is 1. The second kappa shape index (κ2) is 5.99. The molecular formula is C20H22NO4+. The number of phenolic OH excluding ortho intramolecular Hbond substituents is 1. The molecular weight excluding hydrogens is 318 g/mol. The van der Waals surface area contributed by atoms with Gasteiger partial charge in [0.2, 0.25) is 0 Å². The summed E-state index contributed by atoms with van der Waals surface area (Å²) in [5.41, 5.74) is 2.43. The third-order valence-corrected chi connectivity index (χ3v) is 5.24. The molecule has 0 saturated carbocycles. The highest BCUT2D eigenvalue weighted by molar-refractivity contribution is 5.89. The van der Waals surface area contributed by atoms with E-state index in [9.17, 15) is 10.2 Å². The number of rotatable bonds is 2. The smallest absolute Gasteiger partial charge is 0.182 e. The number of allylic oxidation sites excluding steroid dienone is 3. The maximum Gasteiger partial charge on any atom is 0.182 e. The number of aromatic hydroxyl groups is 1. The highest BCUT2D eigenvalue weighted by Crippen LogP contribution is 2.36. The number of pyridine rings is 1. The van der Waals surface area contributed by atoms with Gasteiger partial charge in [0.05, 0.1) is 19.6 Å². The molecule has 1 aliphatic heterocycles. The van der Waals surface area contributed by atoms with Gasteiger partial charge in [-0.2, -0.15) is 0 Å². The number of aliphatic hydroxyl groups is 1.